The molecule has 5 nitrogen and oxygen atoms in total. The molecule has 1 aliphatic carbocycles. The molecule has 1 atom stereocenters. The highest BCUT2D eigenvalue weighted by Gasteiger charge is 2.44. The van der Waals surface area contributed by atoms with Gasteiger partial charge in [-0.3, -0.25) is 9.59 Å². The zero-order valence-electron chi connectivity index (χ0n) is 16.7. The minimum Gasteiger partial charge on any atom is -0.496 e. The lowest BCUT2D eigenvalue weighted by atomic mass is 9.95. The van der Waals surface area contributed by atoms with Crippen molar-refractivity contribution in [3.8, 4) is 5.75 Å². The summed E-state index contributed by atoms with van der Waals surface area (Å²) in [6.45, 7) is 4.44. The van der Waals surface area contributed by atoms with Gasteiger partial charge in [0.05, 0.1) is 12.7 Å². The van der Waals surface area contributed by atoms with Gasteiger partial charge in [-0.1, -0.05) is 56.3 Å². The molecule has 2 amide bonds. The number of methoxy groups -OCH3 is 1. The zero-order chi connectivity index (χ0) is 20.1. The highest BCUT2D eigenvalue weighted by molar-refractivity contribution is 5.99. The van der Waals surface area contributed by atoms with Crippen molar-refractivity contribution in [3.05, 3.63) is 65.7 Å². The monoisotopic (exact) mass is 380 g/mol. The Morgan fingerprint density at radius 3 is 2.29 bits per heavy atom. The van der Waals surface area contributed by atoms with Crippen molar-refractivity contribution >= 4 is 11.8 Å². The molecule has 2 aromatic carbocycles. The molecule has 0 aromatic heterocycles. The molecular weight excluding hydrogens is 352 g/mol. The van der Waals surface area contributed by atoms with Crippen LogP contribution in [0.2, 0.25) is 0 Å². The number of rotatable bonds is 8. The third-order valence-electron chi connectivity index (χ3n) is 5.43. The smallest absolute Gasteiger partial charge is 0.255 e. The Bertz CT molecular complexity index is 829. The lowest BCUT2D eigenvalue weighted by Crippen LogP contribution is -2.51. The summed E-state index contributed by atoms with van der Waals surface area (Å²) >= 11 is 0. The van der Waals surface area contributed by atoms with Crippen LogP contribution in [0.4, 0.5) is 0 Å². The number of para-hydroxylation sites is 1. The lowest BCUT2D eigenvalue weighted by Gasteiger charge is -2.24. The summed E-state index contributed by atoms with van der Waals surface area (Å²) in [7, 11) is 1.53. The number of benzene rings is 2. The molecule has 1 saturated carbocycles. The Morgan fingerprint density at radius 1 is 1.04 bits per heavy atom. The summed E-state index contributed by atoms with van der Waals surface area (Å²) in [5, 5.41) is 5.94. The highest BCUT2D eigenvalue weighted by Crippen LogP contribution is 2.47. The zero-order valence-corrected chi connectivity index (χ0v) is 16.7. The molecule has 2 N–H and O–H groups in total. The number of nitrogens with one attached hydrogen (secondary N) is 2. The third-order valence-corrected chi connectivity index (χ3v) is 5.43. The number of hydrogen-bond acceptors (Lipinski definition) is 3. The maximum atomic E-state index is 12.9. The van der Waals surface area contributed by atoms with E-state index < -0.39 is 6.04 Å². The second kappa shape index (κ2) is 8.46. The molecule has 3 rings (SSSR count). The van der Waals surface area contributed by atoms with Crippen LogP contribution in [0.1, 0.15) is 42.6 Å². The van der Waals surface area contributed by atoms with Crippen LogP contribution < -0.4 is 15.4 Å². The Kier molecular flexibility index (Phi) is 6.02. The van der Waals surface area contributed by atoms with Gasteiger partial charge in [0.15, 0.2) is 0 Å². The molecule has 0 spiro atoms. The van der Waals surface area contributed by atoms with Gasteiger partial charge >= 0.3 is 0 Å². The first-order valence-corrected chi connectivity index (χ1v) is 9.74. The number of carbonyl (C=O) groups is 2. The summed E-state index contributed by atoms with van der Waals surface area (Å²) in [5.41, 5.74) is 1.71. The largest absolute Gasteiger partial charge is 0.496 e. The van der Waals surface area contributed by atoms with Crippen molar-refractivity contribution in [1.82, 2.24) is 10.6 Å². The van der Waals surface area contributed by atoms with E-state index in [0.717, 1.165) is 12.8 Å². The maximum absolute atomic E-state index is 12.9. The molecule has 0 heterocycles. The third kappa shape index (κ3) is 4.35. The van der Waals surface area contributed by atoms with Gasteiger partial charge in [-0.05, 0) is 36.5 Å². The van der Waals surface area contributed by atoms with E-state index in [1.165, 1.54) is 12.7 Å². The number of amides is 2. The summed E-state index contributed by atoms with van der Waals surface area (Å²) in [6.07, 6.45) is 2.13. The summed E-state index contributed by atoms with van der Waals surface area (Å²) in [4.78, 5) is 25.6. The predicted octanol–water partition coefficient (Wildman–Crippen LogP) is 3.30. The van der Waals surface area contributed by atoms with Crippen molar-refractivity contribution in [2.24, 2.45) is 5.92 Å². The molecule has 148 valence electrons. The Balaban J connectivity index is 1.65. The second-order valence-corrected chi connectivity index (χ2v) is 7.76. The van der Waals surface area contributed by atoms with Gasteiger partial charge in [-0.25, -0.2) is 0 Å². The van der Waals surface area contributed by atoms with Gasteiger partial charge in [-0.15, -0.1) is 0 Å². The highest BCUT2D eigenvalue weighted by atomic mass is 16.5. The minimum absolute atomic E-state index is 0.0328. The van der Waals surface area contributed by atoms with Crippen LogP contribution in [0.25, 0.3) is 0 Å². The molecule has 1 fully saturated rings. The van der Waals surface area contributed by atoms with E-state index in [0.29, 0.717) is 17.9 Å². The van der Waals surface area contributed by atoms with E-state index in [2.05, 4.69) is 22.8 Å². The van der Waals surface area contributed by atoms with E-state index >= 15 is 0 Å². The van der Waals surface area contributed by atoms with Gasteiger partial charge in [0.1, 0.15) is 11.8 Å². The molecule has 0 saturated heterocycles. The van der Waals surface area contributed by atoms with Gasteiger partial charge in [0, 0.05) is 12.0 Å². The first-order chi connectivity index (χ1) is 13.5. The van der Waals surface area contributed by atoms with Gasteiger partial charge < -0.3 is 15.4 Å². The first kappa shape index (κ1) is 19.9. The van der Waals surface area contributed by atoms with Crippen LogP contribution in [0, 0.1) is 5.92 Å². The van der Waals surface area contributed by atoms with Crippen molar-refractivity contribution in [1.29, 1.82) is 0 Å². The van der Waals surface area contributed by atoms with E-state index in [-0.39, 0.29) is 23.1 Å². The van der Waals surface area contributed by atoms with Gasteiger partial charge in [0.2, 0.25) is 5.91 Å². The van der Waals surface area contributed by atoms with Crippen LogP contribution in [0.15, 0.2) is 54.6 Å². The Morgan fingerprint density at radius 2 is 1.68 bits per heavy atom. The minimum atomic E-state index is -0.607. The standard InChI is InChI=1S/C23H28N2O3/c1-16(2)20(25-21(26)18-11-7-8-12-19(18)28-3)22(27)24-15-23(13-14-23)17-9-5-4-6-10-17/h4-12,16,20H,13-15H2,1-3H3,(H,24,27)(H,25,26). The molecule has 28 heavy (non-hydrogen) atoms. The lowest BCUT2D eigenvalue weighted by molar-refractivity contribution is -0.124. The van der Waals surface area contributed by atoms with Gasteiger partial charge in [-0.2, -0.15) is 0 Å². The van der Waals surface area contributed by atoms with Crippen molar-refractivity contribution < 1.29 is 14.3 Å². The molecule has 2 aromatic rings. The molecule has 1 unspecified atom stereocenters. The molecule has 0 aliphatic heterocycles. The first-order valence-electron chi connectivity index (χ1n) is 9.74. The van der Waals surface area contributed by atoms with Crippen LogP contribution in [0.3, 0.4) is 0 Å². The fourth-order valence-electron chi connectivity index (χ4n) is 3.46. The van der Waals surface area contributed by atoms with E-state index in [1.807, 2.05) is 32.0 Å². The van der Waals surface area contributed by atoms with Crippen LogP contribution in [0.5, 0.6) is 5.75 Å². The fourth-order valence-corrected chi connectivity index (χ4v) is 3.46. The molecular formula is C23H28N2O3. The van der Waals surface area contributed by atoms with Crippen LogP contribution in [-0.2, 0) is 10.2 Å². The molecule has 0 radical (unpaired) electrons. The average Bonchev–Trinajstić information content (AvgIpc) is 3.51. The van der Waals surface area contributed by atoms with E-state index in [4.69, 9.17) is 4.74 Å². The van der Waals surface area contributed by atoms with Crippen molar-refractivity contribution in [2.45, 2.75) is 38.1 Å². The van der Waals surface area contributed by atoms with Crippen LogP contribution >= 0.6 is 0 Å². The van der Waals surface area contributed by atoms with Crippen molar-refractivity contribution in [3.63, 3.8) is 0 Å². The SMILES string of the molecule is COc1ccccc1C(=O)NC(C(=O)NCC1(c2ccccc2)CC1)C(C)C. The van der Waals surface area contributed by atoms with E-state index in [9.17, 15) is 9.59 Å². The van der Waals surface area contributed by atoms with Crippen LogP contribution in [-0.4, -0.2) is 31.5 Å². The maximum Gasteiger partial charge on any atom is 0.255 e. The average molecular weight is 380 g/mol. The number of ether oxygens (including phenoxy) is 1. The number of carbonyl (C=O) groups excluding carboxylic acids is 2. The normalized spacial score (nSPS) is 15.6. The summed E-state index contributed by atoms with van der Waals surface area (Å²) in [5.74, 6) is -0.00888. The van der Waals surface area contributed by atoms with Gasteiger partial charge in [0.25, 0.3) is 5.91 Å². The summed E-state index contributed by atoms with van der Waals surface area (Å²) in [6, 6.07) is 16.7. The Hall–Kier alpha value is -2.82. The predicted molar refractivity (Wildman–Crippen MR) is 109 cm³/mol. The molecule has 5 heteroatoms. The van der Waals surface area contributed by atoms with E-state index in [1.54, 1.807) is 24.3 Å². The number of hydrogen-bond donors (Lipinski definition) is 2. The van der Waals surface area contributed by atoms with Crippen molar-refractivity contribution in [2.75, 3.05) is 13.7 Å². The summed E-state index contributed by atoms with van der Waals surface area (Å²) < 4.78 is 5.26. The quantitative estimate of drug-likeness (QED) is 0.738. The molecule has 0 bridgehead atoms. The Labute approximate surface area is 166 Å². The fraction of sp³-hybridized carbons (Fsp3) is 0.391. The second-order valence-electron chi connectivity index (χ2n) is 7.76. The topological polar surface area (TPSA) is 67.4 Å². The molecule has 1 aliphatic rings.